The molecule has 2 amide bonds. The number of carbonyl (C=O) groups is 1. The maximum atomic E-state index is 13.3. The predicted octanol–water partition coefficient (Wildman–Crippen LogP) is 2.73. The van der Waals surface area contributed by atoms with E-state index in [1.807, 2.05) is 12.3 Å². The summed E-state index contributed by atoms with van der Waals surface area (Å²) in [6, 6.07) is 2.66. The number of nitrogens with zero attached hydrogens (tertiary/aromatic N) is 1. The van der Waals surface area contributed by atoms with Gasteiger partial charge in [-0.05, 0) is 25.1 Å². The number of hydrogen-bond acceptors (Lipinski definition) is 3. The highest BCUT2D eigenvalue weighted by molar-refractivity contribution is 7.09. The first kappa shape index (κ1) is 14.4. The zero-order valence-electron chi connectivity index (χ0n) is 10.7. The summed E-state index contributed by atoms with van der Waals surface area (Å²) in [5, 5.41) is 7.74. The largest absolute Gasteiger partial charge is 0.334 e. The van der Waals surface area contributed by atoms with Crippen molar-refractivity contribution in [3.63, 3.8) is 0 Å². The first-order chi connectivity index (χ1) is 9.54. The molecule has 2 N–H and O–H groups in total. The molecule has 2 rings (SSSR count). The molecule has 2 aromatic rings. The van der Waals surface area contributed by atoms with Crippen molar-refractivity contribution in [2.75, 3.05) is 0 Å². The summed E-state index contributed by atoms with van der Waals surface area (Å²) in [5.74, 6) is -1.09. The molecule has 0 bridgehead atoms. The van der Waals surface area contributed by atoms with Crippen molar-refractivity contribution in [2.45, 2.75) is 20.0 Å². The first-order valence-corrected chi connectivity index (χ1v) is 6.79. The number of rotatable bonds is 4. The van der Waals surface area contributed by atoms with Gasteiger partial charge in [-0.1, -0.05) is 0 Å². The average Bonchev–Trinajstić information content (AvgIpc) is 2.83. The Balaban J connectivity index is 1.81. The Bertz CT molecular complexity index is 615. The van der Waals surface area contributed by atoms with Crippen LogP contribution < -0.4 is 10.6 Å². The van der Waals surface area contributed by atoms with Crippen LogP contribution in [-0.2, 0) is 13.1 Å². The number of aryl methyl sites for hydroxylation is 1. The molecule has 0 aliphatic carbocycles. The van der Waals surface area contributed by atoms with Crippen molar-refractivity contribution in [3.05, 3.63) is 51.5 Å². The molecule has 0 unspecified atom stereocenters. The van der Waals surface area contributed by atoms with Gasteiger partial charge in [0, 0.05) is 23.2 Å². The molecule has 0 atom stereocenters. The van der Waals surface area contributed by atoms with Crippen molar-refractivity contribution < 1.29 is 13.6 Å². The maximum absolute atomic E-state index is 13.3. The normalized spacial score (nSPS) is 10.3. The molecule has 4 nitrogen and oxygen atoms in total. The van der Waals surface area contributed by atoms with Crippen LogP contribution >= 0.6 is 11.3 Å². The van der Waals surface area contributed by atoms with Crippen LogP contribution in [0.4, 0.5) is 13.6 Å². The number of thiazole rings is 1. The SMILES string of the molecule is Cc1csc(CNC(=O)NCc2cc(F)ccc2F)n1. The van der Waals surface area contributed by atoms with Gasteiger partial charge in [-0.3, -0.25) is 0 Å². The van der Waals surface area contributed by atoms with Crippen LogP contribution in [0.2, 0.25) is 0 Å². The van der Waals surface area contributed by atoms with Gasteiger partial charge >= 0.3 is 6.03 Å². The molecule has 0 saturated carbocycles. The Morgan fingerprint density at radius 3 is 2.75 bits per heavy atom. The summed E-state index contributed by atoms with van der Waals surface area (Å²) < 4.78 is 26.3. The van der Waals surface area contributed by atoms with Gasteiger partial charge in [-0.2, -0.15) is 0 Å². The van der Waals surface area contributed by atoms with Crippen LogP contribution in [0.25, 0.3) is 0 Å². The van der Waals surface area contributed by atoms with Crippen molar-refractivity contribution >= 4 is 17.4 Å². The number of aromatic nitrogens is 1. The molecule has 7 heteroatoms. The summed E-state index contributed by atoms with van der Waals surface area (Å²) in [6.45, 7) is 2.09. The van der Waals surface area contributed by atoms with E-state index < -0.39 is 17.7 Å². The van der Waals surface area contributed by atoms with E-state index in [1.54, 1.807) is 0 Å². The monoisotopic (exact) mass is 297 g/mol. The number of hydrogen-bond donors (Lipinski definition) is 2. The highest BCUT2D eigenvalue weighted by Gasteiger charge is 2.07. The highest BCUT2D eigenvalue weighted by atomic mass is 32.1. The minimum absolute atomic E-state index is 0.0771. The zero-order valence-corrected chi connectivity index (χ0v) is 11.6. The molecule has 0 radical (unpaired) electrons. The number of halogens is 2. The van der Waals surface area contributed by atoms with Crippen LogP contribution in [0.5, 0.6) is 0 Å². The number of urea groups is 1. The summed E-state index contributed by atoms with van der Waals surface area (Å²) in [7, 11) is 0. The molecule has 106 valence electrons. The van der Waals surface area contributed by atoms with Gasteiger partial charge in [0.05, 0.1) is 6.54 Å². The third-order valence-corrected chi connectivity index (χ3v) is 3.48. The second-order valence-electron chi connectivity index (χ2n) is 4.15. The second-order valence-corrected chi connectivity index (χ2v) is 5.10. The van der Waals surface area contributed by atoms with Gasteiger partial charge in [0.2, 0.25) is 0 Å². The van der Waals surface area contributed by atoms with Crippen molar-refractivity contribution in [2.24, 2.45) is 0 Å². The fourth-order valence-electron chi connectivity index (χ4n) is 1.56. The number of carbonyl (C=O) groups excluding carboxylic acids is 1. The Kier molecular flexibility index (Phi) is 4.62. The lowest BCUT2D eigenvalue weighted by molar-refractivity contribution is 0.240. The minimum Gasteiger partial charge on any atom is -0.334 e. The molecule has 0 saturated heterocycles. The van der Waals surface area contributed by atoms with Crippen LogP contribution in [0.3, 0.4) is 0 Å². The van der Waals surface area contributed by atoms with Gasteiger partial charge in [0.15, 0.2) is 0 Å². The van der Waals surface area contributed by atoms with Crippen molar-refractivity contribution in [1.82, 2.24) is 15.6 Å². The Labute approximate surface area is 118 Å². The van der Waals surface area contributed by atoms with Gasteiger partial charge in [-0.25, -0.2) is 18.6 Å². The fourth-order valence-corrected chi connectivity index (χ4v) is 2.27. The van der Waals surface area contributed by atoms with Gasteiger partial charge in [0.1, 0.15) is 16.6 Å². The Morgan fingerprint density at radius 2 is 2.05 bits per heavy atom. The molecule has 1 aromatic carbocycles. The fraction of sp³-hybridized carbons (Fsp3) is 0.231. The van der Waals surface area contributed by atoms with Gasteiger partial charge in [0.25, 0.3) is 0 Å². The standard InChI is InChI=1S/C13H13F2N3OS/c1-8-7-20-12(18-8)6-17-13(19)16-5-9-4-10(14)2-3-11(9)15/h2-4,7H,5-6H2,1H3,(H2,16,17,19). The highest BCUT2D eigenvalue weighted by Crippen LogP contribution is 2.09. The number of nitrogens with one attached hydrogen (secondary N) is 2. The van der Waals surface area contributed by atoms with E-state index >= 15 is 0 Å². The molecule has 0 fully saturated rings. The molecule has 20 heavy (non-hydrogen) atoms. The molecule has 0 spiro atoms. The minimum atomic E-state index is -0.553. The van der Waals surface area contributed by atoms with E-state index in [9.17, 15) is 13.6 Å². The summed E-state index contributed by atoms with van der Waals surface area (Å²) in [6.07, 6.45) is 0. The van der Waals surface area contributed by atoms with Gasteiger partial charge in [-0.15, -0.1) is 11.3 Å². The van der Waals surface area contributed by atoms with Crippen LogP contribution in [0.1, 0.15) is 16.3 Å². The Hall–Kier alpha value is -2.02. The van der Waals surface area contributed by atoms with E-state index in [1.165, 1.54) is 11.3 Å². The van der Waals surface area contributed by atoms with E-state index in [2.05, 4.69) is 15.6 Å². The smallest absolute Gasteiger partial charge is 0.315 e. The van der Waals surface area contributed by atoms with Crippen molar-refractivity contribution in [3.8, 4) is 0 Å². The van der Waals surface area contributed by atoms with Gasteiger partial charge < -0.3 is 10.6 Å². The second kappa shape index (κ2) is 6.42. The molecular weight excluding hydrogens is 284 g/mol. The van der Waals surface area contributed by atoms with Crippen LogP contribution in [0, 0.1) is 18.6 Å². The predicted molar refractivity (Wildman–Crippen MR) is 72.3 cm³/mol. The lowest BCUT2D eigenvalue weighted by atomic mass is 10.2. The van der Waals surface area contributed by atoms with E-state index in [4.69, 9.17) is 0 Å². The molecular formula is C13H13F2N3OS. The van der Waals surface area contributed by atoms with E-state index in [0.29, 0.717) is 6.54 Å². The topological polar surface area (TPSA) is 54.0 Å². The summed E-state index contributed by atoms with van der Waals surface area (Å²) in [5.41, 5.74) is 0.999. The third-order valence-electron chi connectivity index (χ3n) is 2.51. The van der Waals surface area contributed by atoms with Crippen molar-refractivity contribution in [1.29, 1.82) is 0 Å². The molecule has 0 aliphatic heterocycles. The van der Waals surface area contributed by atoms with E-state index in [0.717, 1.165) is 28.9 Å². The quantitative estimate of drug-likeness (QED) is 0.911. The zero-order chi connectivity index (χ0) is 14.5. The number of amides is 2. The molecule has 1 heterocycles. The molecule has 1 aromatic heterocycles. The third kappa shape index (κ3) is 3.99. The lowest BCUT2D eigenvalue weighted by Gasteiger charge is -2.07. The van der Waals surface area contributed by atoms with Crippen LogP contribution in [-0.4, -0.2) is 11.0 Å². The van der Waals surface area contributed by atoms with Crippen LogP contribution in [0.15, 0.2) is 23.6 Å². The first-order valence-electron chi connectivity index (χ1n) is 5.91. The maximum Gasteiger partial charge on any atom is 0.315 e. The number of benzene rings is 1. The summed E-state index contributed by atoms with van der Waals surface area (Å²) >= 11 is 1.45. The molecule has 0 aliphatic rings. The average molecular weight is 297 g/mol. The summed E-state index contributed by atoms with van der Waals surface area (Å²) in [4.78, 5) is 15.7. The Morgan fingerprint density at radius 1 is 1.30 bits per heavy atom. The van der Waals surface area contributed by atoms with E-state index in [-0.39, 0.29) is 12.1 Å². The lowest BCUT2D eigenvalue weighted by Crippen LogP contribution is -2.34.